The molecule has 0 unspecified atom stereocenters. The Morgan fingerprint density at radius 1 is 0.958 bits per heavy atom. The maximum atomic E-state index is 6.07. The molecule has 1 heterocycles. The lowest BCUT2D eigenvalue weighted by Gasteiger charge is -2.21. The summed E-state index contributed by atoms with van der Waals surface area (Å²) in [6, 6.07) is 13.4. The highest BCUT2D eigenvalue weighted by molar-refractivity contribution is 6.28. The molecule has 0 atom stereocenters. The van der Waals surface area contributed by atoms with Crippen molar-refractivity contribution >= 4 is 46.4 Å². The summed E-state index contributed by atoms with van der Waals surface area (Å²) in [6.45, 7) is 0. The van der Waals surface area contributed by atoms with Gasteiger partial charge in [0, 0.05) is 24.2 Å². The Morgan fingerprint density at radius 2 is 1.67 bits per heavy atom. The number of hydrogen-bond donors (Lipinski definition) is 0. The molecule has 0 bridgehead atoms. The van der Waals surface area contributed by atoms with E-state index in [2.05, 4.69) is 9.97 Å². The highest BCUT2D eigenvalue weighted by atomic mass is 35.5. The van der Waals surface area contributed by atoms with Crippen LogP contribution >= 0.6 is 24.0 Å². The Balaban J connectivity index is 0.00000208. The minimum absolute atomic E-state index is 0. The Morgan fingerprint density at radius 3 is 2.38 bits per heavy atom. The second-order valence-corrected chi connectivity index (χ2v) is 5.27. The number of benzene rings is 2. The number of ether oxygens (including phenoxy) is 2. The molecule has 0 aliphatic rings. The fourth-order valence-corrected chi connectivity index (χ4v) is 2.61. The van der Waals surface area contributed by atoms with Gasteiger partial charge in [0.1, 0.15) is 5.82 Å². The maximum Gasteiger partial charge on any atom is 0.224 e. The number of nitrogens with zero attached hydrogens (tertiary/aromatic N) is 3. The van der Waals surface area contributed by atoms with E-state index in [1.54, 1.807) is 14.2 Å². The fourth-order valence-electron chi connectivity index (χ4n) is 2.44. The summed E-state index contributed by atoms with van der Waals surface area (Å²) in [5.74, 6) is 2.06. The van der Waals surface area contributed by atoms with Crippen molar-refractivity contribution in [1.29, 1.82) is 0 Å². The van der Waals surface area contributed by atoms with Gasteiger partial charge in [-0.1, -0.05) is 12.1 Å². The fraction of sp³-hybridized carbons (Fsp3) is 0.176. The number of methoxy groups -OCH3 is 2. The van der Waals surface area contributed by atoms with Crippen LogP contribution in [-0.4, -0.2) is 31.2 Å². The second kappa shape index (κ2) is 7.55. The van der Waals surface area contributed by atoms with E-state index in [9.17, 15) is 0 Å². The maximum absolute atomic E-state index is 6.07. The molecule has 2 aromatic carbocycles. The molecule has 3 aromatic rings. The summed E-state index contributed by atoms with van der Waals surface area (Å²) in [4.78, 5) is 10.6. The van der Waals surface area contributed by atoms with Gasteiger partial charge in [-0.2, -0.15) is 4.98 Å². The van der Waals surface area contributed by atoms with E-state index in [0.717, 1.165) is 22.4 Å². The largest absolute Gasteiger partial charge is 0.493 e. The average molecular weight is 366 g/mol. The zero-order chi connectivity index (χ0) is 16.4. The van der Waals surface area contributed by atoms with Crippen LogP contribution in [0.5, 0.6) is 11.5 Å². The predicted molar refractivity (Wildman–Crippen MR) is 99.4 cm³/mol. The monoisotopic (exact) mass is 365 g/mol. The highest BCUT2D eigenvalue weighted by Crippen LogP contribution is 2.35. The quantitative estimate of drug-likeness (QED) is 0.637. The Bertz CT molecular complexity index is 858. The lowest BCUT2D eigenvalue weighted by Crippen LogP contribution is -2.12. The van der Waals surface area contributed by atoms with E-state index >= 15 is 0 Å². The summed E-state index contributed by atoms with van der Waals surface area (Å²) in [7, 11) is 5.14. The third-order valence-electron chi connectivity index (χ3n) is 3.63. The van der Waals surface area contributed by atoms with Crippen LogP contribution < -0.4 is 14.4 Å². The van der Waals surface area contributed by atoms with Gasteiger partial charge < -0.3 is 14.4 Å². The minimum Gasteiger partial charge on any atom is -0.493 e. The number of fused-ring (bicyclic) bond motifs is 1. The van der Waals surface area contributed by atoms with Gasteiger partial charge in [0.2, 0.25) is 5.28 Å². The van der Waals surface area contributed by atoms with Gasteiger partial charge >= 0.3 is 0 Å². The van der Waals surface area contributed by atoms with E-state index in [-0.39, 0.29) is 17.7 Å². The first-order valence-corrected chi connectivity index (χ1v) is 7.40. The molecule has 0 saturated carbocycles. The molecule has 0 spiro atoms. The molecule has 24 heavy (non-hydrogen) atoms. The highest BCUT2D eigenvalue weighted by Gasteiger charge is 2.14. The second-order valence-electron chi connectivity index (χ2n) is 4.93. The molecule has 0 N–H and O–H groups in total. The summed E-state index contributed by atoms with van der Waals surface area (Å²) in [5.41, 5.74) is 1.71. The van der Waals surface area contributed by atoms with Crippen molar-refractivity contribution < 1.29 is 9.47 Å². The van der Waals surface area contributed by atoms with Gasteiger partial charge in [0.05, 0.1) is 19.7 Å². The van der Waals surface area contributed by atoms with Gasteiger partial charge in [0.25, 0.3) is 0 Å². The number of rotatable bonds is 4. The van der Waals surface area contributed by atoms with Crippen molar-refractivity contribution in [2.45, 2.75) is 0 Å². The Labute approximate surface area is 151 Å². The average Bonchev–Trinajstić information content (AvgIpc) is 2.59. The molecule has 0 fully saturated rings. The van der Waals surface area contributed by atoms with Crippen molar-refractivity contribution in [3.8, 4) is 11.5 Å². The Kier molecular flexibility index (Phi) is 5.70. The lowest BCUT2D eigenvalue weighted by atomic mass is 10.2. The topological polar surface area (TPSA) is 47.5 Å². The van der Waals surface area contributed by atoms with E-state index in [0.29, 0.717) is 11.5 Å². The number of halogens is 2. The van der Waals surface area contributed by atoms with E-state index < -0.39 is 0 Å². The zero-order valence-corrected chi connectivity index (χ0v) is 15.1. The van der Waals surface area contributed by atoms with Crippen LogP contribution in [-0.2, 0) is 0 Å². The molecule has 126 valence electrons. The van der Waals surface area contributed by atoms with Crippen LogP contribution in [0, 0.1) is 0 Å². The number of para-hydroxylation sites is 1. The number of anilines is 2. The third-order valence-corrected chi connectivity index (χ3v) is 3.80. The van der Waals surface area contributed by atoms with Crippen LogP contribution in [0.1, 0.15) is 0 Å². The molecular weight excluding hydrogens is 349 g/mol. The van der Waals surface area contributed by atoms with Crippen LogP contribution in [0.3, 0.4) is 0 Å². The SMILES string of the molecule is COc1ccc(N(C)c2nc(Cl)nc3ccccc23)cc1OC.Cl. The van der Waals surface area contributed by atoms with E-state index in [1.165, 1.54) is 0 Å². The smallest absolute Gasteiger partial charge is 0.224 e. The first-order valence-electron chi connectivity index (χ1n) is 7.02. The number of aromatic nitrogens is 2. The summed E-state index contributed by atoms with van der Waals surface area (Å²) in [5, 5.41) is 1.14. The molecule has 1 aromatic heterocycles. The first-order chi connectivity index (χ1) is 11.1. The van der Waals surface area contributed by atoms with Crippen molar-refractivity contribution in [2.75, 3.05) is 26.2 Å². The normalized spacial score (nSPS) is 10.2. The number of hydrogen-bond acceptors (Lipinski definition) is 5. The standard InChI is InChI=1S/C17H16ClN3O2.ClH/c1-21(11-8-9-14(22-2)15(10-11)23-3)16-12-6-4-5-7-13(12)19-17(18)20-16;/h4-10H,1-3H3;1H. The predicted octanol–water partition coefficient (Wildman–Crippen LogP) is 4.49. The summed E-state index contributed by atoms with van der Waals surface area (Å²) < 4.78 is 10.6. The van der Waals surface area contributed by atoms with Crippen molar-refractivity contribution in [1.82, 2.24) is 9.97 Å². The van der Waals surface area contributed by atoms with Crippen LogP contribution in [0.15, 0.2) is 42.5 Å². The van der Waals surface area contributed by atoms with Crippen molar-refractivity contribution in [3.05, 3.63) is 47.7 Å². The Hall–Kier alpha value is -2.24. The van der Waals surface area contributed by atoms with E-state index in [1.807, 2.05) is 54.4 Å². The van der Waals surface area contributed by atoms with E-state index in [4.69, 9.17) is 21.1 Å². The molecule has 0 aliphatic heterocycles. The van der Waals surface area contributed by atoms with Crippen molar-refractivity contribution in [3.63, 3.8) is 0 Å². The molecule has 7 heteroatoms. The van der Waals surface area contributed by atoms with Gasteiger partial charge in [-0.25, -0.2) is 4.98 Å². The molecular formula is C17H17Cl2N3O2. The van der Waals surface area contributed by atoms with Gasteiger partial charge in [-0.3, -0.25) is 0 Å². The molecule has 5 nitrogen and oxygen atoms in total. The van der Waals surface area contributed by atoms with Crippen molar-refractivity contribution in [2.24, 2.45) is 0 Å². The molecule has 0 amide bonds. The zero-order valence-electron chi connectivity index (χ0n) is 13.5. The molecule has 0 radical (unpaired) electrons. The minimum atomic E-state index is 0. The van der Waals surface area contributed by atoms with Gasteiger partial charge in [0.15, 0.2) is 11.5 Å². The van der Waals surface area contributed by atoms with Gasteiger partial charge in [-0.05, 0) is 35.9 Å². The molecule has 3 rings (SSSR count). The van der Waals surface area contributed by atoms with Gasteiger partial charge in [-0.15, -0.1) is 12.4 Å². The third kappa shape index (κ3) is 3.32. The van der Waals surface area contributed by atoms with Crippen LogP contribution in [0.25, 0.3) is 10.9 Å². The summed E-state index contributed by atoms with van der Waals surface area (Å²) >= 11 is 6.07. The first kappa shape index (κ1) is 18.1. The summed E-state index contributed by atoms with van der Waals surface area (Å²) in [6.07, 6.45) is 0. The molecule has 0 saturated heterocycles. The van der Waals surface area contributed by atoms with Crippen LogP contribution in [0.2, 0.25) is 5.28 Å². The van der Waals surface area contributed by atoms with Crippen LogP contribution in [0.4, 0.5) is 11.5 Å². The lowest BCUT2D eigenvalue weighted by molar-refractivity contribution is 0.355. The molecule has 0 aliphatic carbocycles.